The van der Waals surface area contributed by atoms with Crippen molar-refractivity contribution in [3.8, 4) is 5.75 Å². The quantitative estimate of drug-likeness (QED) is 0.361. The van der Waals surface area contributed by atoms with Gasteiger partial charge >= 0.3 is 6.03 Å². The summed E-state index contributed by atoms with van der Waals surface area (Å²) in [6, 6.07) is 5.09. The van der Waals surface area contributed by atoms with Gasteiger partial charge < -0.3 is 14.7 Å². The number of unbranched alkanes of at least 4 members (excludes halogenated alkanes) is 1. The van der Waals surface area contributed by atoms with Gasteiger partial charge in [-0.05, 0) is 62.1 Å². The number of hydrogen-bond acceptors (Lipinski definition) is 6. The minimum atomic E-state index is -1.15. The molecule has 2 fully saturated rings. The Balaban J connectivity index is 1.37. The number of amides is 3. The van der Waals surface area contributed by atoms with Crippen LogP contribution < -0.4 is 10.1 Å². The van der Waals surface area contributed by atoms with Crippen molar-refractivity contribution in [2.45, 2.75) is 57.6 Å². The fourth-order valence-corrected chi connectivity index (χ4v) is 4.10. The molecule has 1 saturated heterocycles. The van der Waals surface area contributed by atoms with Crippen LogP contribution >= 0.6 is 11.6 Å². The molecule has 2 N–H and O–H groups in total. The molecule has 0 radical (unpaired) electrons. The second-order valence-corrected chi connectivity index (χ2v) is 9.31. The zero-order valence-corrected chi connectivity index (χ0v) is 19.6. The summed E-state index contributed by atoms with van der Waals surface area (Å²) < 4.78 is 7.62. The second kappa shape index (κ2) is 10.1. The van der Waals surface area contributed by atoms with Gasteiger partial charge in [0.15, 0.2) is 0 Å². The SMILES string of the molecule is CCC(O)(Cn1nncc1CCCCN1CC(=O)NC1=O)c1ccc(Cl)c(OCC2CC2)c1. The topological polar surface area (TPSA) is 110 Å². The number of carbonyl (C=O) groups excluding carboxylic acids is 2. The zero-order chi connectivity index (χ0) is 23.4. The van der Waals surface area contributed by atoms with Crippen LogP contribution in [0.5, 0.6) is 5.75 Å². The molecule has 1 aliphatic carbocycles. The lowest BCUT2D eigenvalue weighted by Crippen LogP contribution is -2.32. The molecule has 1 aliphatic heterocycles. The molecule has 3 amide bonds. The lowest BCUT2D eigenvalue weighted by molar-refractivity contribution is -0.118. The predicted octanol–water partition coefficient (Wildman–Crippen LogP) is 2.89. The molecule has 0 bridgehead atoms. The number of ether oxygens (including phenoxy) is 1. The van der Waals surface area contributed by atoms with Crippen molar-refractivity contribution in [2.75, 3.05) is 19.7 Å². The first-order valence-corrected chi connectivity index (χ1v) is 11.9. The van der Waals surface area contributed by atoms with E-state index in [-0.39, 0.29) is 25.0 Å². The van der Waals surface area contributed by atoms with Crippen molar-refractivity contribution in [1.29, 1.82) is 0 Å². The molecule has 0 spiro atoms. The van der Waals surface area contributed by atoms with Crippen molar-refractivity contribution in [3.63, 3.8) is 0 Å². The smallest absolute Gasteiger partial charge is 0.324 e. The number of halogens is 1. The van der Waals surface area contributed by atoms with Crippen LogP contribution in [0, 0.1) is 5.92 Å². The highest BCUT2D eigenvalue weighted by molar-refractivity contribution is 6.32. The summed E-state index contributed by atoms with van der Waals surface area (Å²) in [5.41, 5.74) is 0.480. The molecule has 4 rings (SSSR count). The number of aryl methyl sites for hydroxylation is 1. The van der Waals surface area contributed by atoms with E-state index in [0.29, 0.717) is 42.7 Å². The summed E-state index contributed by atoms with van der Waals surface area (Å²) in [5, 5.41) is 22.5. The number of carbonyl (C=O) groups is 2. The van der Waals surface area contributed by atoms with E-state index in [9.17, 15) is 14.7 Å². The third-order valence-electron chi connectivity index (χ3n) is 6.31. The molecular formula is C23H30ClN5O4. The van der Waals surface area contributed by atoms with Gasteiger partial charge in [0.1, 0.15) is 17.9 Å². The molecule has 10 heteroatoms. The van der Waals surface area contributed by atoms with Gasteiger partial charge in [-0.25, -0.2) is 9.48 Å². The minimum Gasteiger partial charge on any atom is -0.492 e. The zero-order valence-electron chi connectivity index (χ0n) is 18.8. The monoisotopic (exact) mass is 475 g/mol. The van der Waals surface area contributed by atoms with Gasteiger partial charge in [-0.2, -0.15) is 0 Å². The van der Waals surface area contributed by atoms with Crippen molar-refractivity contribution >= 4 is 23.5 Å². The van der Waals surface area contributed by atoms with E-state index < -0.39 is 5.60 Å². The average Bonchev–Trinajstić information content (AvgIpc) is 3.44. The number of rotatable bonds is 12. The summed E-state index contributed by atoms with van der Waals surface area (Å²) in [4.78, 5) is 24.4. The van der Waals surface area contributed by atoms with Crippen LogP contribution in [0.25, 0.3) is 0 Å². The lowest BCUT2D eigenvalue weighted by atomic mass is 9.90. The van der Waals surface area contributed by atoms with Crippen LogP contribution in [0.1, 0.15) is 50.3 Å². The first-order chi connectivity index (χ1) is 15.9. The number of nitrogens with one attached hydrogen (secondary N) is 1. The highest BCUT2D eigenvalue weighted by Gasteiger charge is 2.31. The van der Waals surface area contributed by atoms with Crippen molar-refractivity contribution in [1.82, 2.24) is 25.2 Å². The number of urea groups is 1. The van der Waals surface area contributed by atoms with Crippen LogP contribution in [-0.2, 0) is 23.4 Å². The van der Waals surface area contributed by atoms with Gasteiger partial charge in [-0.3, -0.25) is 10.1 Å². The Hall–Kier alpha value is -2.65. The number of imide groups is 1. The maximum atomic E-state index is 11.6. The van der Waals surface area contributed by atoms with E-state index >= 15 is 0 Å². The highest BCUT2D eigenvalue weighted by atomic mass is 35.5. The molecule has 2 heterocycles. The predicted molar refractivity (Wildman–Crippen MR) is 122 cm³/mol. The summed E-state index contributed by atoms with van der Waals surface area (Å²) in [6.45, 7) is 3.47. The van der Waals surface area contributed by atoms with E-state index in [0.717, 1.165) is 24.1 Å². The van der Waals surface area contributed by atoms with Gasteiger partial charge in [-0.1, -0.05) is 29.8 Å². The van der Waals surface area contributed by atoms with Gasteiger partial charge in [-0.15, -0.1) is 5.10 Å². The molecule has 2 aromatic rings. The molecule has 178 valence electrons. The first-order valence-electron chi connectivity index (χ1n) is 11.5. The Morgan fingerprint density at radius 1 is 1.30 bits per heavy atom. The largest absolute Gasteiger partial charge is 0.492 e. The molecule has 33 heavy (non-hydrogen) atoms. The van der Waals surface area contributed by atoms with E-state index in [1.807, 2.05) is 19.1 Å². The number of nitrogens with zero attached hydrogens (tertiary/aromatic N) is 4. The van der Waals surface area contributed by atoms with Gasteiger partial charge in [0.2, 0.25) is 5.91 Å². The fraction of sp³-hybridized carbons (Fsp3) is 0.565. The van der Waals surface area contributed by atoms with Crippen LogP contribution in [0.4, 0.5) is 4.79 Å². The number of aliphatic hydroxyl groups is 1. The molecule has 2 aliphatic rings. The highest BCUT2D eigenvalue weighted by Crippen LogP contribution is 2.36. The summed E-state index contributed by atoms with van der Waals surface area (Å²) >= 11 is 6.32. The van der Waals surface area contributed by atoms with Crippen LogP contribution in [0.2, 0.25) is 5.02 Å². The van der Waals surface area contributed by atoms with E-state index in [1.165, 1.54) is 17.7 Å². The molecule has 1 unspecified atom stereocenters. The lowest BCUT2D eigenvalue weighted by Gasteiger charge is -2.28. The fourth-order valence-electron chi connectivity index (χ4n) is 3.93. The Bertz CT molecular complexity index is 1010. The Morgan fingerprint density at radius 3 is 2.82 bits per heavy atom. The number of aromatic nitrogens is 3. The molecule has 1 atom stereocenters. The average molecular weight is 476 g/mol. The third-order valence-corrected chi connectivity index (χ3v) is 6.63. The normalized spacial score (nSPS) is 17.8. The minimum absolute atomic E-state index is 0.120. The Labute approximate surface area is 198 Å². The van der Waals surface area contributed by atoms with Crippen molar-refractivity contribution in [2.24, 2.45) is 5.92 Å². The number of hydrogen-bond donors (Lipinski definition) is 2. The molecule has 1 aromatic carbocycles. The van der Waals surface area contributed by atoms with Crippen LogP contribution in [0.15, 0.2) is 24.4 Å². The summed E-state index contributed by atoms with van der Waals surface area (Å²) in [6.07, 6.45) is 6.82. The van der Waals surface area contributed by atoms with E-state index in [1.54, 1.807) is 16.9 Å². The maximum absolute atomic E-state index is 11.6. The van der Waals surface area contributed by atoms with Crippen molar-refractivity contribution in [3.05, 3.63) is 40.7 Å². The second-order valence-electron chi connectivity index (χ2n) is 8.90. The number of benzene rings is 1. The Morgan fingerprint density at radius 2 is 2.12 bits per heavy atom. The molecule has 1 saturated carbocycles. The third kappa shape index (κ3) is 5.83. The van der Waals surface area contributed by atoms with Crippen molar-refractivity contribution < 1.29 is 19.4 Å². The van der Waals surface area contributed by atoms with Crippen LogP contribution in [0.3, 0.4) is 0 Å². The van der Waals surface area contributed by atoms with Crippen LogP contribution in [-0.4, -0.2) is 56.6 Å². The van der Waals surface area contributed by atoms with Gasteiger partial charge in [0.05, 0.1) is 30.1 Å². The maximum Gasteiger partial charge on any atom is 0.324 e. The first kappa shape index (κ1) is 23.5. The van der Waals surface area contributed by atoms with E-state index in [4.69, 9.17) is 16.3 Å². The summed E-state index contributed by atoms with van der Waals surface area (Å²) in [7, 11) is 0. The summed E-state index contributed by atoms with van der Waals surface area (Å²) in [5.74, 6) is 0.938. The molecule has 9 nitrogen and oxygen atoms in total. The van der Waals surface area contributed by atoms with Gasteiger partial charge in [0, 0.05) is 6.54 Å². The standard InChI is InChI=1S/C23H30ClN5O4/c1-2-23(32,17-8-9-19(24)20(11-17)33-14-16-6-7-16)15-29-18(12-25-27-29)5-3-4-10-28-13-21(30)26-22(28)31/h8-9,11-12,16,32H,2-7,10,13-15H2,1H3,(H,26,30,31). The molecular weight excluding hydrogens is 446 g/mol. The Kier molecular flexibility index (Phi) is 7.19. The van der Waals surface area contributed by atoms with E-state index in [2.05, 4.69) is 15.6 Å². The molecule has 1 aromatic heterocycles. The van der Waals surface area contributed by atoms with Gasteiger partial charge in [0.25, 0.3) is 0 Å².